The Labute approximate surface area is 74.3 Å². The number of hydrogen-bond donors (Lipinski definition) is 0. The number of halogens is 1. The summed E-state index contributed by atoms with van der Waals surface area (Å²) in [5.41, 5.74) is 0.307. The second-order valence-corrected chi connectivity index (χ2v) is 3.08. The number of nitrogens with zero attached hydrogens (tertiary/aromatic N) is 1. The lowest BCUT2D eigenvalue weighted by atomic mass is 10.3. The Kier molecular flexibility index (Phi) is 4.77. The molecule has 0 bridgehead atoms. The minimum atomic E-state index is -0.425. The van der Waals surface area contributed by atoms with Gasteiger partial charge < -0.3 is 4.74 Å². The molecule has 11 heavy (non-hydrogen) atoms. The highest BCUT2D eigenvalue weighted by Crippen LogP contribution is 2.02. The van der Waals surface area contributed by atoms with Gasteiger partial charge in [0, 0.05) is 7.05 Å². The SMILES string of the molecule is C/N=C(\C=C(/C)Br)C(=O)OC. The summed E-state index contributed by atoms with van der Waals surface area (Å²) < 4.78 is 5.31. The molecule has 0 atom stereocenters. The van der Waals surface area contributed by atoms with Gasteiger partial charge in [-0.2, -0.15) is 0 Å². The van der Waals surface area contributed by atoms with Crippen molar-refractivity contribution in [2.24, 2.45) is 4.99 Å². The van der Waals surface area contributed by atoms with Crippen LogP contribution in [0.5, 0.6) is 0 Å². The Hall–Kier alpha value is -0.640. The molecule has 0 aliphatic carbocycles. The highest BCUT2D eigenvalue weighted by molar-refractivity contribution is 9.11. The second kappa shape index (κ2) is 5.07. The molecule has 4 heteroatoms. The molecule has 0 aromatic rings. The van der Waals surface area contributed by atoms with Gasteiger partial charge in [0.25, 0.3) is 0 Å². The van der Waals surface area contributed by atoms with E-state index in [4.69, 9.17) is 0 Å². The molecule has 0 heterocycles. The predicted molar refractivity (Wildman–Crippen MR) is 48.1 cm³/mol. The second-order valence-electron chi connectivity index (χ2n) is 1.83. The van der Waals surface area contributed by atoms with Crippen molar-refractivity contribution < 1.29 is 9.53 Å². The van der Waals surface area contributed by atoms with Gasteiger partial charge in [0.2, 0.25) is 0 Å². The molecule has 0 aromatic carbocycles. The van der Waals surface area contributed by atoms with Gasteiger partial charge in [0.15, 0.2) is 0 Å². The third kappa shape index (κ3) is 3.93. The Morgan fingerprint density at radius 2 is 2.18 bits per heavy atom. The van der Waals surface area contributed by atoms with Gasteiger partial charge >= 0.3 is 5.97 Å². The predicted octanol–water partition coefficient (Wildman–Crippen LogP) is 1.53. The standard InChI is InChI=1S/C7H10BrNO2/c1-5(8)4-6(9-2)7(10)11-3/h4H,1-3H3/b5-4+,9-6+. The van der Waals surface area contributed by atoms with E-state index in [-0.39, 0.29) is 0 Å². The topological polar surface area (TPSA) is 38.7 Å². The fraction of sp³-hybridized carbons (Fsp3) is 0.429. The molecule has 0 spiro atoms. The average Bonchev–Trinajstić information content (AvgIpc) is 1.98. The summed E-state index contributed by atoms with van der Waals surface area (Å²) in [6.45, 7) is 1.81. The molecule has 0 radical (unpaired) electrons. The lowest BCUT2D eigenvalue weighted by Gasteiger charge is -1.96. The molecular formula is C7H10BrNO2. The fourth-order valence-electron chi connectivity index (χ4n) is 0.508. The maximum absolute atomic E-state index is 10.9. The number of aliphatic imine (C=N–C) groups is 1. The van der Waals surface area contributed by atoms with Gasteiger partial charge in [-0.3, -0.25) is 4.99 Å². The van der Waals surface area contributed by atoms with E-state index < -0.39 is 5.97 Å². The van der Waals surface area contributed by atoms with E-state index in [2.05, 4.69) is 25.7 Å². The Morgan fingerprint density at radius 3 is 2.45 bits per heavy atom. The molecule has 0 aliphatic heterocycles. The van der Waals surface area contributed by atoms with E-state index in [0.717, 1.165) is 4.48 Å². The van der Waals surface area contributed by atoms with Crippen molar-refractivity contribution in [2.45, 2.75) is 6.92 Å². The number of esters is 1. The maximum Gasteiger partial charge on any atom is 0.356 e. The first-order chi connectivity index (χ1) is 5.11. The van der Waals surface area contributed by atoms with Crippen molar-refractivity contribution >= 4 is 27.6 Å². The molecule has 62 valence electrons. The van der Waals surface area contributed by atoms with Gasteiger partial charge in [0.05, 0.1) is 7.11 Å². The van der Waals surface area contributed by atoms with Gasteiger partial charge in [-0.25, -0.2) is 4.79 Å². The van der Waals surface area contributed by atoms with E-state index in [1.165, 1.54) is 7.11 Å². The zero-order valence-corrected chi connectivity index (χ0v) is 8.31. The van der Waals surface area contributed by atoms with Crippen LogP contribution in [0.25, 0.3) is 0 Å². The molecule has 0 rings (SSSR count). The van der Waals surface area contributed by atoms with Crippen LogP contribution in [-0.4, -0.2) is 25.8 Å². The molecule has 0 N–H and O–H groups in total. The van der Waals surface area contributed by atoms with Crippen LogP contribution in [0, 0.1) is 0 Å². The summed E-state index contributed by atoms with van der Waals surface area (Å²) in [6, 6.07) is 0. The molecule has 3 nitrogen and oxygen atoms in total. The molecule has 0 aliphatic rings. The van der Waals surface area contributed by atoms with Crippen molar-refractivity contribution in [1.29, 1.82) is 0 Å². The molecule has 0 saturated carbocycles. The first-order valence-corrected chi connectivity index (χ1v) is 3.80. The van der Waals surface area contributed by atoms with Crippen LogP contribution in [0.1, 0.15) is 6.92 Å². The lowest BCUT2D eigenvalue weighted by Crippen LogP contribution is -2.13. The van der Waals surface area contributed by atoms with Gasteiger partial charge in [-0.1, -0.05) is 15.9 Å². The number of ether oxygens (including phenoxy) is 1. The van der Waals surface area contributed by atoms with Crippen LogP contribution in [0.4, 0.5) is 0 Å². The zero-order chi connectivity index (χ0) is 8.85. The summed E-state index contributed by atoms with van der Waals surface area (Å²) in [4.78, 5) is 14.6. The number of hydrogen-bond acceptors (Lipinski definition) is 3. The summed E-state index contributed by atoms with van der Waals surface area (Å²) >= 11 is 3.19. The number of carbonyl (C=O) groups excluding carboxylic acids is 1. The summed E-state index contributed by atoms with van der Waals surface area (Å²) in [6.07, 6.45) is 1.60. The van der Waals surface area contributed by atoms with Crippen LogP contribution in [0.2, 0.25) is 0 Å². The minimum absolute atomic E-state index is 0.307. The van der Waals surface area contributed by atoms with E-state index in [9.17, 15) is 4.79 Å². The van der Waals surface area contributed by atoms with Crippen molar-refractivity contribution in [2.75, 3.05) is 14.2 Å². The normalized spacial score (nSPS) is 13.1. The van der Waals surface area contributed by atoms with E-state index >= 15 is 0 Å². The largest absolute Gasteiger partial charge is 0.464 e. The summed E-state index contributed by atoms with van der Waals surface area (Å²) in [5, 5.41) is 0. The molecule has 0 unspecified atom stereocenters. The van der Waals surface area contributed by atoms with E-state index in [1.807, 2.05) is 6.92 Å². The Balaban J connectivity index is 4.45. The Morgan fingerprint density at radius 1 is 1.64 bits per heavy atom. The van der Waals surface area contributed by atoms with Gasteiger partial charge in [0.1, 0.15) is 5.71 Å². The number of allylic oxidation sites excluding steroid dienone is 1. The van der Waals surface area contributed by atoms with Gasteiger partial charge in [-0.05, 0) is 17.5 Å². The number of methoxy groups -OCH3 is 1. The minimum Gasteiger partial charge on any atom is -0.464 e. The van der Waals surface area contributed by atoms with Crippen molar-refractivity contribution in [1.82, 2.24) is 0 Å². The maximum atomic E-state index is 10.9. The first kappa shape index (κ1) is 10.4. The van der Waals surface area contributed by atoms with Crippen LogP contribution in [0.3, 0.4) is 0 Å². The quantitative estimate of drug-likeness (QED) is 0.522. The van der Waals surface area contributed by atoms with Crippen molar-refractivity contribution in [3.8, 4) is 0 Å². The molecule has 0 amide bonds. The van der Waals surface area contributed by atoms with E-state index in [1.54, 1.807) is 13.1 Å². The van der Waals surface area contributed by atoms with Crippen LogP contribution < -0.4 is 0 Å². The summed E-state index contributed by atoms with van der Waals surface area (Å²) in [7, 11) is 2.86. The fourth-order valence-corrected chi connectivity index (χ4v) is 0.725. The Bertz CT molecular complexity index is 204. The number of rotatable bonds is 2. The van der Waals surface area contributed by atoms with Crippen LogP contribution in [0.15, 0.2) is 15.6 Å². The lowest BCUT2D eigenvalue weighted by molar-refractivity contribution is -0.132. The molecular weight excluding hydrogens is 210 g/mol. The highest BCUT2D eigenvalue weighted by Gasteiger charge is 2.06. The van der Waals surface area contributed by atoms with Crippen molar-refractivity contribution in [3.63, 3.8) is 0 Å². The smallest absolute Gasteiger partial charge is 0.356 e. The average molecular weight is 220 g/mol. The molecule has 0 aromatic heterocycles. The zero-order valence-electron chi connectivity index (χ0n) is 6.72. The molecule has 0 fully saturated rings. The monoisotopic (exact) mass is 219 g/mol. The van der Waals surface area contributed by atoms with Crippen LogP contribution in [-0.2, 0) is 9.53 Å². The van der Waals surface area contributed by atoms with Gasteiger partial charge in [-0.15, -0.1) is 0 Å². The van der Waals surface area contributed by atoms with E-state index in [0.29, 0.717) is 5.71 Å². The first-order valence-electron chi connectivity index (χ1n) is 3.00. The third-order valence-electron chi connectivity index (χ3n) is 0.971. The van der Waals surface area contributed by atoms with Crippen LogP contribution >= 0.6 is 15.9 Å². The number of carbonyl (C=O) groups is 1. The third-order valence-corrected chi connectivity index (χ3v) is 1.20. The van der Waals surface area contributed by atoms with Crippen molar-refractivity contribution in [3.05, 3.63) is 10.6 Å². The summed E-state index contributed by atoms with van der Waals surface area (Å²) in [5.74, 6) is -0.425. The highest BCUT2D eigenvalue weighted by atomic mass is 79.9. The molecule has 0 saturated heterocycles.